The zero-order valence-corrected chi connectivity index (χ0v) is 14.8. The molecule has 1 fully saturated rings. The molecule has 0 spiro atoms. The molecular formula is C22H19N3O4. The van der Waals surface area contributed by atoms with Gasteiger partial charge in [0.15, 0.2) is 11.5 Å². The first kappa shape index (κ1) is 9.35. The van der Waals surface area contributed by atoms with Gasteiger partial charge < -0.3 is 24.3 Å². The molecule has 0 radical (unpaired) electrons. The summed E-state index contributed by atoms with van der Waals surface area (Å²) in [5.41, 5.74) is 0.145. The number of hydrogen-bond donors (Lipinski definition) is 1. The molecule has 1 saturated heterocycles. The molecule has 3 aromatic rings. The molecule has 0 bridgehead atoms. The molecule has 1 N–H and O–H groups in total. The van der Waals surface area contributed by atoms with Crippen molar-refractivity contribution >= 4 is 22.7 Å². The summed E-state index contributed by atoms with van der Waals surface area (Å²) in [5.74, 6) is -1.83. The van der Waals surface area contributed by atoms with Crippen LogP contribution in [0.4, 0.5) is 0 Å². The van der Waals surface area contributed by atoms with Crippen molar-refractivity contribution in [2.24, 2.45) is 0 Å². The Bertz CT molecular complexity index is 1620. The summed E-state index contributed by atoms with van der Waals surface area (Å²) in [6, 6.07) is -1.66. The van der Waals surface area contributed by atoms with Crippen LogP contribution in [0.2, 0.25) is 0 Å². The number of H-pyrrole nitrogens is 1. The summed E-state index contributed by atoms with van der Waals surface area (Å²) in [4.78, 5) is 31.3. The van der Waals surface area contributed by atoms with Gasteiger partial charge >= 0.3 is 0 Å². The highest BCUT2D eigenvalue weighted by molar-refractivity contribution is 5.97. The Morgan fingerprint density at radius 2 is 2.14 bits per heavy atom. The maximum absolute atomic E-state index is 13.5. The largest absolute Gasteiger partial charge is 0.454 e. The van der Waals surface area contributed by atoms with Crippen LogP contribution < -0.4 is 9.47 Å². The lowest BCUT2D eigenvalue weighted by molar-refractivity contribution is -0.157. The number of nitrogens with one attached hydrogen (secondary N) is 1. The van der Waals surface area contributed by atoms with E-state index in [4.69, 9.17) is 21.8 Å². The van der Waals surface area contributed by atoms with Gasteiger partial charge in [-0.1, -0.05) is 24.2 Å². The van der Waals surface area contributed by atoms with Crippen molar-refractivity contribution in [3.8, 4) is 11.5 Å². The van der Waals surface area contributed by atoms with Crippen LogP contribution >= 0.6 is 0 Å². The molecule has 0 unspecified atom stereocenters. The number of piperazine rings is 1. The summed E-state index contributed by atoms with van der Waals surface area (Å²) in [5, 5.41) is 0.0237. The number of hydrogen-bond acceptors (Lipinski definition) is 4. The van der Waals surface area contributed by atoms with E-state index in [9.17, 15) is 11.0 Å². The van der Waals surface area contributed by atoms with Gasteiger partial charge in [-0.25, -0.2) is 0 Å². The maximum Gasteiger partial charge on any atom is 0.245 e. The second-order valence-electron chi connectivity index (χ2n) is 6.93. The monoisotopic (exact) mass is 399 g/mol. The van der Waals surface area contributed by atoms with Crippen LogP contribution in [0.25, 0.3) is 10.9 Å². The zero-order chi connectivity index (χ0) is 28.4. The van der Waals surface area contributed by atoms with E-state index in [1.54, 1.807) is 0 Å². The molecule has 0 aliphatic carbocycles. The van der Waals surface area contributed by atoms with Gasteiger partial charge in [0, 0.05) is 34.1 Å². The van der Waals surface area contributed by atoms with Crippen molar-refractivity contribution in [2.75, 3.05) is 20.3 Å². The minimum atomic E-state index is -2.93. The lowest BCUT2D eigenvalue weighted by Gasteiger charge is -2.46. The number of carbonyl (C=O) groups is 2. The zero-order valence-electron chi connectivity index (χ0n) is 24.8. The fourth-order valence-corrected chi connectivity index (χ4v) is 4.10. The Hall–Kier alpha value is -3.48. The van der Waals surface area contributed by atoms with Crippen molar-refractivity contribution < 1.29 is 32.8 Å². The minimum Gasteiger partial charge on any atom is -0.454 e. The van der Waals surface area contributed by atoms with Gasteiger partial charge in [0.25, 0.3) is 0 Å². The summed E-state index contributed by atoms with van der Waals surface area (Å²) in [7, 11) is 0. The maximum atomic E-state index is 13.5. The lowest BCUT2D eigenvalue weighted by Crippen LogP contribution is -2.62. The molecule has 6 rings (SSSR count). The van der Waals surface area contributed by atoms with E-state index in [0.29, 0.717) is 4.90 Å². The summed E-state index contributed by atoms with van der Waals surface area (Å²) < 4.78 is 91.8. The molecule has 1 aromatic heterocycles. The number of likely N-dealkylation sites (N-methyl/N-ethyl adjacent to an activating group) is 1. The topological polar surface area (TPSA) is 74.9 Å². The molecule has 2 amide bonds. The Morgan fingerprint density at radius 1 is 1.28 bits per heavy atom. The van der Waals surface area contributed by atoms with Crippen LogP contribution in [0.3, 0.4) is 0 Å². The van der Waals surface area contributed by atoms with Crippen molar-refractivity contribution in [1.29, 1.82) is 0 Å². The fraction of sp³-hybridized carbons (Fsp3) is 0.273. The van der Waals surface area contributed by atoms with E-state index in [1.807, 2.05) is 0 Å². The Morgan fingerprint density at radius 3 is 3.03 bits per heavy atom. The Labute approximate surface area is 180 Å². The first-order valence-corrected chi connectivity index (χ1v) is 8.84. The van der Waals surface area contributed by atoms with E-state index in [-0.39, 0.29) is 45.6 Å². The molecule has 29 heavy (non-hydrogen) atoms. The summed E-state index contributed by atoms with van der Waals surface area (Å²) in [6.45, 7) is -6.24. The van der Waals surface area contributed by atoms with E-state index in [2.05, 4.69) is 4.98 Å². The highest BCUT2D eigenvalue weighted by Crippen LogP contribution is 2.44. The molecule has 4 heterocycles. The number of fused-ring (bicyclic) bond motifs is 5. The van der Waals surface area contributed by atoms with E-state index in [1.165, 1.54) is 18.2 Å². The molecule has 7 nitrogen and oxygen atoms in total. The van der Waals surface area contributed by atoms with Gasteiger partial charge in [-0.15, -0.1) is 0 Å². The van der Waals surface area contributed by atoms with Crippen LogP contribution in [0, 0.1) is 0 Å². The number of nitrogens with zero attached hydrogens (tertiary/aromatic N) is 2. The van der Waals surface area contributed by atoms with Gasteiger partial charge in [-0.3, -0.25) is 9.59 Å². The smallest absolute Gasteiger partial charge is 0.245 e. The molecule has 0 saturated carbocycles. The van der Waals surface area contributed by atoms with Gasteiger partial charge in [-0.05, 0) is 29.3 Å². The number of aromatic nitrogens is 1. The standard InChI is InChI=1S/C22H19N3O4/c1-24-10-19(26)25-16(22(24)27)9-14-13-4-2-3-5-15(13)23-20(14)21(25)12-6-7-17-18(8-12)29-11-28-17/h2-8,16,21,23H,9-11H2,1H3/t16-,21-/m1/s1/i1D3,2D,3D,4D,5D,11D2,21D. The molecule has 146 valence electrons. The Kier molecular flexibility index (Phi) is 1.86. The number of carbonyl (C=O) groups excluding carboxylic acids is 2. The number of benzene rings is 2. The number of aromatic amines is 1. The number of ether oxygens (including phenoxy) is 2. The third kappa shape index (κ3) is 2.24. The molecule has 3 aliphatic heterocycles. The quantitative estimate of drug-likeness (QED) is 0.681. The van der Waals surface area contributed by atoms with Crippen LogP contribution in [-0.4, -0.2) is 52.9 Å². The van der Waals surface area contributed by atoms with Crippen molar-refractivity contribution in [3.05, 3.63) is 59.2 Å². The molecular weight excluding hydrogens is 370 g/mol. The highest BCUT2D eigenvalue weighted by atomic mass is 16.7. The minimum absolute atomic E-state index is 0.00823. The molecule has 2 aromatic carbocycles. The van der Waals surface area contributed by atoms with Crippen LogP contribution in [0.1, 0.15) is 36.5 Å². The lowest BCUT2D eigenvalue weighted by atomic mass is 9.86. The predicted octanol–water partition coefficient (Wildman–Crippen LogP) is 2.21. The third-order valence-corrected chi connectivity index (χ3v) is 5.36. The number of amides is 2. The van der Waals surface area contributed by atoms with Crippen LogP contribution in [-0.2, 0) is 16.0 Å². The summed E-state index contributed by atoms with van der Waals surface area (Å²) >= 11 is 0. The average molecular weight is 399 g/mol. The first-order valence-electron chi connectivity index (χ1n) is 13.8. The average Bonchev–Trinajstić information content (AvgIpc) is 3.38. The van der Waals surface area contributed by atoms with Crippen molar-refractivity contribution in [3.63, 3.8) is 0 Å². The van der Waals surface area contributed by atoms with Gasteiger partial charge in [0.2, 0.25) is 18.6 Å². The van der Waals surface area contributed by atoms with E-state index >= 15 is 0 Å². The molecule has 3 aliphatic rings. The normalized spacial score (nSPS) is 32.5. The molecule has 7 heteroatoms. The second kappa shape index (κ2) is 5.76. The van der Waals surface area contributed by atoms with Gasteiger partial charge in [-0.2, -0.15) is 0 Å². The highest BCUT2D eigenvalue weighted by Gasteiger charge is 2.47. The van der Waals surface area contributed by atoms with E-state index in [0.717, 1.165) is 4.90 Å². The van der Waals surface area contributed by atoms with Crippen molar-refractivity contribution in [1.82, 2.24) is 14.8 Å². The number of rotatable bonds is 1. The van der Waals surface area contributed by atoms with Crippen molar-refractivity contribution in [2.45, 2.75) is 18.5 Å². The van der Waals surface area contributed by atoms with Crippen LogP contribution in [0.5, 0.6) is 11.5 Å². The molecule has 2 atom stereocenters. The number of para-hydroxylation sites is 1. The SMILES string of the molecule is [2H]c1c([2H])c([2H])c2c3c([nH]c2c1[2H])[C@@]([2H])(c1ccc2c(c1)OC([2H])([2H])O2)N1C(=O)CN(C([2H])([2H])[2H])C(=O)[C@H]1C3. The van der Waals surface area contributed by atoms with Gasteiger partial charge in [0.05, 0.1) is 19.4 Å². The first-order chi connectivity index (χ1) is 18.1. The third-order valence-electron chi connectivity index (χ3n) is 5.36. The Balaban J connectivity index is 1.65. The van der Waals surface area contributed by atoms with Crippen LogP contribution in [0.15, 0.2) is 42.4 Å². The van der Waals surface area contributed by atoms with E-state index < -0.39 is 68.3 Å². The summed E-state index contributed by atoms with van der Waals surface area (Å²) in [6.07, 6.45) is -0.303. The fourth-order valence-electron chi connectivity index (χ4n) is 4.10. The second-order valence-corrected chi connectivity index (χ2v) is 6.93. The predicted molar refractivity (Wildman–Crippen MR) is 105 cm³/mol. The van der Waals surface area contributed by atoms with Gasteiger partial charge in [0.1, 0.15) is 8.78 Å².